The van der Waals surface area contributed by atoms with Crippen LogP contribution in [0.5, 0.6) is 0 Å². The summed E-state index contributed by atoms with van der Waals surface area (Å²) in [6.45, 7) is 7.86. The lowest BCUT2D eigenvalue weighted by Crippen LogP contribution is -2.40. The van der Waals surface area contributed by atoms with Crippen LogP contribution < -0.4 is 5.32 Å². The minimum absolute atomic E-state index is 0.404. The number of carbonyl (C=O) groups is 1. The van der Waals surface area contributed by atoms with Crippen molar-refractivity contribution in [1.29, 1.82) is 0 Å². The highest BCUT2D eigenvalue weighted by Crippen LogP contribution is 2.31. The first-order valence-corrected chi connectivity index (χ1v) is 11.1. The fraction of sp³-hybridized carbons (Fsp3) is 0.423. The van der Waals surface area contributed by atoms with Crippen molar-refractivity contribution >= 4 is 16.9 Å². The molecule has 4 heteroatoms. The molecule has 30 heavy (non-hydrogen) atoms. The van der Waals surface area contributed by atoms with E-state index in [9.17, 15) is 9.90 Å². The minimum atomic E-state index is -0.860. The maximum Gasteiger partial charge on any atom is 0.352 e. The normalized spacial score (nSPS) is 21.8. The lowest BCUT2D eigenvalue weighted by molar-refractivity contribution is 0.0684. The van der Waals surface area contributed by atoms with Gasteiger partial charge in [-0.05, 0) is 36.8 Å². The summed E-state index contributed by atoms with van der Waals surface area (Å²) >= 11 is 0. The van der Waals surface area contributed by atoms with Gasteiger partial charge in [-0.2, -0.15) is 0 Å². The van der Waals surface area contributed by atoms with Crippen molar-refractivity contribution in [3.05, 3.63) is 70.9 Å². The Morgan fingerprint density at radius 2 is 1.93 bits per heavy atom. The maximum atomic E-state index is 12.4. The van der Waals surface area contributed by atoms with Crippen molar-refractivity contribution in [3.8, 4) is 0 Å². The molecular weight excluding hydrogens is 372 g/mol. The van der Waals surface area contributed by atoms with Gasteiger partial charge in [0, 0.05) is 35.6 Å². The van der Waals surface area contributed by atoms with Crippen molar-refractivity contribution in [3.63, 3.8) is 0 Å². The van der Waals surface area contributed by atoms with E-state index in [-0.39, 0.29) is 0 Å². The minimum Gasteiger partial charge on any atom is -0.477 e. The molecule has 0 bridgehead atoms. The summed E-state index contributed by atoms with van der Waals surface area (Å²) in [4.78, 5) is 12.4. The van der Waals surface area contributed by atoms with Crippen LogP contribution in [0.25, 0.3) is 10.9 Å². The molecule has 1 aliphatic carbocycles. The molecule has 4 rings (SSSR count). The number of fused-ring (bicyclic) bond motifs is 1. The van der Waals surface area contributed by atoms with Gasteiger partial charge in [-0.15, -0.1) is 0 Å². The van der Waals surface area contributed by atoms with Crippen molar-refractivity contribution in [2.24, 2.45) is 11.8 Å². The largest absolute Gasteiger partial charge is 0.477 e. The summed E-state index contributed by atoms with van der Waals surface area (Å²) in [5, 5.41) is 14.9. The molecule has 0 unspecified atom stereocenters. The Bertz CT molecular complexity index is 1050. The second-order valence-electron chi connectivity index (χ2n) is 8.98. The smallest absolute Gasteiger partial charge is 0.352 e. The van der Waals surface area contributed by atoms with Crippen LogP contribution in [0.2, 0.25) is 0 Å². The van der Waals surface area contributed by atoms with Crippen LogP contribution in [0.15, 0.2) is 48.5 Å². The van der Waals surface area contributed by atoms with E-state index in [4.69, 9.17) is 0 Å². The van der Waals surface area contributed by atoms with E-state index < -0.39 is 5.97 Å². The summed E-state index contributed by atoms with van der Waals surface area (Å²) in [7, 11) is 0. The molecule has 2 N–H and O–H groups in total. The van der Waals surface area contributed by atoms with Crippen LogP contribution >= 0.6 is 0 Å². The van der Waals surface area contributed by atoms with Gasteiger partial charge in [-0.3, -0.25) is 0 Å². The fourth-order valence-corrected chi connectivity index (χ4v) is 5.06. The third-order valence-corrected chi connectivity index (χ3v) is 6.95. The van der Waals surface area contributed by atoms with E-state index in [1.54, 1.807) is 0 Å². The van der Waals surface area contributed by atoms with Gasteiger partial charge in [0.15, 0.2) is 0 Å². The molecule has 4 nitrogen and oxygen atoms in total. The quantitative estimate of drug-likeness (QED) is 0.561. The number of aromatic carboxylic acids is 1. The highest BCUT2D eigenvalue weighted by molar-refractivity contribution is 5.98. The Labute approximate surface area is 178 Å². The van der Waals surface area contributed by atoms with E-state index >= 15 is 0 Å². The maximum absolute atomic E-state index is 12.4. The fourth-order valence-electron chi connectivity index (χ4n) is 5.06. The Balaban J connectivity index is 1.72. The SMILES string of the molecule is Cc1cccc(Cn2c(C(=O)O)c(CN[C@@H]3CCC[C@@H](C)[C@H]3C)c3ccccc32)c1. The van der Waals surface area contributed by atoms with Crippen molar-refractivity contribution in [1.82, 2.24) is 9.88 Å². The number of carboxylic acids is 1. The van der Waals surface area contributed by atoms with Gasteiger partial charge in [0.1, 0.15) is 5.69 Å². The molecule has 1 saturated carbocycles. The lowest BCUT2D eigenvalue weighted by atomic mass is 9.78. The van der Waals surface area contributed by atoms with Gasteiger partial charge in [-0.1, -0.05) is 74.7 Å². The van der Waals surface area contributed by atoms with Crippen LogP contribution in [0, 0.1) is 18.8 Å². The zero-order chi connectivity index (χ0) is 21.3. The molecule has 158 valence electrons. The average molecular weight is 405 g/mol. The number of nitrogens with one attached hydrogen (secondary N) is 1. The van der Waals surface area contributed by atoms with Gasteiger partial charge in [0.25, 0.3) is 0 Å². The molecule has 0 spiro atoms. The Morgan fingerprint density at radius 3 is 2.70 bits per heavy atom. The number of rotatable bonds is 6. The van der Waals surface area contributed by atoms with E-state index in [1.165, 1.54) is 18.4 Å². The molecule has 1 heterocycles. The standard InChI is InChI=1S/C26H32N2O2/c1-17-8-6-10-20(14-17)16-28-24-13-5-4-11-21(24)22(25(28)26(29)30)15-27-23-12-7-9-18(2)19(23)3/h4-6,8,10-11,13-14,18-19,23,27H,7,9,12,15-16H2,1-3H3,(H,29,30)/t18-,19-,23-/m1/s1. The molecule has 0 saturated heterocycles. The first-order valence-electron chi connectivity index (χ1n) is 11.1. The number of aryl methyl sites for hydroxylation is 1. The molecule has 1 aliphatic rings. The monoisotopic (exact) mass is 404 g/mol. The second-order valence-corrected chi connectivity index (χ2v) is 8.98. The van der Waals surface area contributed by atoms with Crippen molar-refractivity contribution in [2.45, 2.75) is 59.2 Å². The van der Waals surface area contributed by atoms with Crippen molar-refractivity contribution < 1.29 is 9.90 Å². The first kappa shape index (κ1) is 20.7. The van der Waals surface area contributed by atoms with Gasteiger partial charge >= 0.3 is 5.97 Å². The predicted molar refractivity (Wildman–Crippen MR) is 122 cm³/mol. The highest BCUT2D eigenvalue weighted by Gasteiger charge is 2.28. The Morgan fingerprint density at radius 1 is 1.13 bits per heavy atom. The molecule has 3 atom stereocenters. The van der Waals surface area contributed by atoms with Crippen LogP contribution in [-0.2, 0) is 13.1 Å². The van der Waals surface area contributed by atoms with Gasteiger partial charge in [0.05, 0.1) is 0 Å². The summed E-state index contributed by atoms with van der Waals surface area (Å²) < 4.78 is 1.97. The summed E-state index contributed by atoms with van der Waals surface area (Å²) in [6.07, 6.45) is 3.69. The number of para-hydroxylation sites is 1. The third kappa shape index (κ3) is 4.01. The first-order chi connectivity index (χ1) is 14.5. The molecule has 0 radical (unpaired) electrons. The average Bonchev–Trinajstić information content (AvgIpc) is 3.03. The lowest BCUT2D eigenvalue weighted by Gasteiger charge is -2.34. The van der Waals surface area contributed by atoms with Gasteiger partial charge in [0.2, 0.25) is 0 Å². The summed E-state index contributed by atoms with van der Waals surface area (Å²) in [5.41, 5.74) is 4.59. The zero-order valence-corrected chi connectivity index (χ0v) is 18.2. The summed E-state index contributed by atoms with van der Waals surface area (Å²) in [6, 6.07) is 16.8. The molecule has 0 aliphatic heterocycles. The number of hydrogen-bond donors (Lipinski definition) is 2. The highest BCUT2D eigenvalue weighted by atomic mass is 16.4. The Hall–Kier alpha value is -2.59. The summed E-state index contributed by atoms with van der Waals surface area (Å²) in [5.74, 6) is 0.450. The topological polar surface area (TPSA) is 54.3 Å². The van der Waals surface area contributed by atoms with E-state index in [2.05, 4.69) is 50.4 Å². The molecule has 1 aromatic heterocycles. The third-order valence-electron chi connectivity index (χ3n) is 6.95. The van der Waals surface area contributed by atoms with Crippen LogP contribution in [0.4, 0.5) is 0 Å². The number of aromatic nitrogens is 1. The van der Waals surface area contributed by atoms with Crippen LogP contribution in [0.3, 0.4) is 0 Å². The van der Waals surface area contributed by atoms with Crippen LogP contribution in [0.1, 0.15) is 60.3 Å². The molecular formula is C26H32N2O2. The van der Waals surface area contributed by atoms with E-state index in [0.29, 0.717) is 36.7 Å². The molecule has 2 aromatic carbocycles. The zero-order valence-electron chi connectivity index (χ0n) is 18.2. The number of nitrogens with zero attached hydrogens (tertiary/aromatic N) is 1. The Kier molecular flexibility index (Phi) is 5.96. The van der Waals surface area contributed by atoms with Crippen LogP contribution in [-0.4, -0.2) is 21.7 Å². The van der Waals surface area contributed by atoms with Gasteiger partial charge < -0.3 is 15.0 Å². The second kappa shape index (κ2) is 8.65. The van der Waals surface area contributed by atoms with Crippen molar-refractivity contribution in [2.75, 3.05) is 0 Å². The molecule has 0 amide bonds. The number of carboxylic acid groups (broad SMARTS) is 1. The van der Waals surface area contributed by atoms with E-state index in [0.717, 1.165) is 28.5 Å². The molecule has 3 aromatic rings. The predicted octanol–water partition coefficient (Wildman–Crippen LogP) is 5.61. The number of benzene rings is 2. The number of hydrogen-bond acceptors (Lipinski definition) is 2. The molecule has 1 fully saturated rings. The van der Waals surface area contributed by atoms with E-state index in [1.807, 2.05) is 28.8 Å². The van der Waals surface area contributed by atoms with Gasteiger partial charge in [-0.25, -0.2) is 4.79 Å².